The summed E-state index contributed by atoms with van der Waals surface area (Å²) in [6.07, 6.45) is 5.51. The average molecular weight is 480 g/mol. The van der Waals surface area contributed by atoms with Crippen LogP contribution in [0.4, 0.5) is 5.82 Å². The predicted octanol–water partition coefficient (Wildman–Crippen LogP) is 3.28. The number of esters is 1. The van der Waals surface area contributed by atoms with E-state index < -0.39 is 0 Å². The van der Waals surface area contributed by atoms with Gasteiger partial charge >= 0.3 is 5.97 Å². The highest BCUT2D eigenvalue weighted by Gasteiger charge is 2.18. The quantitative estimate of drug-likeness (QED) is 0.327. The molecule has 0 saturated carbocycles. The number of nitrogen functional groups attached to an aromatic ring is 1. The highest BCUT2D eigenvalue weighted by molar-refractivity contribution is 9.10. The minimum atomic E-state index is -0.301. The highest BCUT2D eigenvalue weighted by atomic mass is 79.9. The third-order valence-corrected chi connectivity index (χ3v) is 6.79. The molecule has 9 nitrogen and oxygen atoms in total. The van der Waals surface area contributed by atoms with Gasteiger partial charge < -0.3 is 15.0 Å². The van der Waals surface area contributed by atoms with Crippen LogP contribution in [0.15, 0.2) is 32.7 Å². The van der Waals surface area contributed by atoms with Crippen molar-refractivity contribution in [1.29, 1.82) is 0 Å². The lowest BCUT2D eigenvalue weighted by Crippen LogP contribution is -2.07. The predicted molar refractivity (Wildman–Crippen MR) is 110 cm³/mol. The summed E-state index contributed by atoms with van der Waals surface area (Å²) in [6.45, 7) is 2.28. The molecule has 0 amide bonds. The smallest absolute Gasteiger partial charge is 0.302 e. The number of rotatable bonds is 6. The molecule has 144 valence electrons. The Morgan fingerprint density at radius 2 is 2.21 bits per heavy atom. The number of hydrogen-bond acceptors (Lipinski definition) is 10. The zero-order chi connectivity index (χ0) is 19.7. The van der Waals surface area contributed by atoms with E-state index in [1.165, 1.54) is 25.0 Å². The molecule has 0 fully saturated rings. The van der Waals surface area contributed by atoms with Crippen molar-refractivity contribution in [3.63, 3.8) is 0 Å². The molecule has 12 heteroatoms. The van der Waals surface area contributed by atoms with Crippen LogP contribution in [0, 0.1) is 0 Å². The molecule has 4 aromatic heterocycles. The number of anilines is 1. The van der Waals surface area contributed by atoms with Gasteiger partial charge in [0.15, 0.2) is 26.5 Å². The van der Waals surface area contributed by atoms with Crippen molar-refractivity contribution in [2.75, 3.05) is 12.3 Å². The number of aromatic nitrogens is 6. The highest BCUT2D eigenvalue weighted by Crippen LogP contribution is 2.37. The van der Waals surface area contributed by atoms with E-state index in [4.69, 9.17) is 10.5 Å². The summed E-state index contributed by atoms with van der Waals surface area (Å²) in [7, 11) is 0. The number of nitrogens with zero attached hydrogens (tertiary/aromatic N) is 6. The monoisotopic (exact) mass is 479 g/mol. The second-order valence-corrected chi connectivity index (χ2v) is 8.79. The molecule has 2 N–H and O–H groups in total. The Morgan fingerprint density at radius 3 is 3.00 bits per heavy atom. The first-order valence-electron chi connectivity index (χ1n) is 8.21. The molecule has 0 aliphatic rings. The van der Waals surface area contributed by atoms with E-state index in [0.717, 1.165) is 19.0 Å². The van der Waals surface area contributed by atoms with E-state index in [1.54, 1.807) is 23.7 Å². The Kier molecular flexibility index (Phi) is 5.42. The van der Waals surface area contributed by atoms with Crippen molar-refractivity contribution in [3.05, 3.63) is 23.2 Å². The van der Waals surface area contributed by atoms with Crippen LogP contribution in [0.1, 0.15) is 13.3 Å². The largest absolute Gasteiger partial charge is 0.466 e. The van der Waals surface area contributed by atoms with Gasteiger partial charge in [0.1, 0.15) is 11.8 Å². The van der Waals surface area contributed by atoms with Crippen LogP contribution in [0.25, 0.3) is 21.4 Å². The van der Waals surface area contributed by atoms with Crippen molar-refractivity contribution < 1.29 is 9.53 Å². The van der Waals surface area contributed by atoms with Crippen molar-refractivity contribution in [1.82, 2.24) is 29.5 Å². The summed E-state index contributed by atoms with van der Waals surface area (Å²) >= 11 is 6.48. The normalized spacial score (nSPS) is 11.4. The number of pyridine rings is 1. The van der Waals surface area contributed by atoms with E-state index in [2.05, 4.69) is 40.8 Å². The van der Waals surface area contributed by atoms with Gasteiger partial charge in [-0.25, -0.2) is 19.9 Å². The van der Waals surface area contributed by atoms with Crippen LogP contribution < -0.4 is 5.73 Å². The molecule has 0 atom stereocenters. The average Bonchev–Trinajstić information content (AvgIpc) is 3.22. The summed E-state index contributed by atoms with van der Waals surface area (Å²) in [5, 5.41) is 0.702. The first-order chi connectivity index (χ1) is 13.5. The minimum absolute atomic E-state index is 0.301. The molecule has 0 radical (unpaired) electrons. The number of hydrogen-bond donors (Lipinski definition) is 1. The Morgan fingerprint density at radius 1 is 1.36 bits per heavy atom. The van der Waals surface area contributed by atoms with Crippen LogP contribution in [-0.2, 0) is 16.1 Å². The third kappa shape index (κ3) is 3.80. The van der Waals surface area contributed by atoms with Gasteiger partial charge in [-0.1, -0.05) is 0 Å². The van der Waals surface area contributed by atoms with Crippen LogP contribution in [-0.4, -0.2) is 42.1 Å². The van der Waals surface area contributed by atoms with Crippen LogP contribution in [0.5, 0.6) is 0 Å². The number of imidazole rings is 1. The van der Waals surface area contributed by atoms with Gasteiger partial charge in [0.05, 0.1) is 22.0 Å². The van der Waals surface area contributed by atoms with Gasteiger partial charge in [-0.15, -0.1) is 11.3 Å². The SMILES string of the molecule is CC(=O)OCCCn1c(Sc2nc3cncc(Br)c3s2)nc2c(N)ncnc21. The topological polar surface area (TPSA) is 122 Å². The number of carbonyl (C=O) groups is 1. The minimum Gasteiger partial charge on any atom is -0.466 e. The second kappa shape index (κ2) is 7.97. The first-order valence-corrected chi connectivity index (χ1v) is 10.6. The molecule has 0 spiro atoms. The van der Waals surface area contributed by atoms with E-state index in [1.807, 2.05) is 4.57 Å². The molecule has 4 aromatic rings. The Hall–Kier alpha value is -2.31. The molecule has 0 saturated heterocycles. The molecule has 0 aliphatic heterocycles. The van der Waals surface area contributed by atoms with Crippen LogP contribution in [0.3, 0.4) is 0 Å². The number of ether oxygens (including phenoxy) is 1. The fraction of sp³-hybridized carbons (Fsp3) is 0.250. The zero-order valence-corrected chi connectivity index (χ0v) is 17.8. The van der Waals surface area contributed by atoms with Gasteiger partial charge in [-0.2, -0.15) is 0 Å². The fourth-order valence-electron chi connectivity index (χ4n) is 2.58. The van der Waals surface area contributed by atoms with E-state index in [-0.39, 0.29) is 5.97 Å². The van der Waals surface area contributed by atoms with E-state index in [9.17, 15) is 4.79 Å². The zero-order valence-electron chi connectivity index (χ0n) is 14.6. The van der Waals surface area contributed by atoms with Gasteiger partial charge in [-0.3, -0.25) is 9.78 Å². The molecule has 0 aromatic carbocycles. The fourth-order valence-corrected chi connectivity index (χ4v) is 5.18. The lowest BCUT2D eigenvalue weighted by atomic mass is 10.4. The van der Waals surface area contributed by atoms with Crippen molar-refractivity contribution >= 4 is 72.2 Å². The Bertz CT molecular complexity index is 1180. The van der Waals surface area contributed by atoms with Crippen molar-refractivity contribution in [2.45, 2.75) is 29.4 Å². The van der Waals surface area contributed by atoms with E-state index >= 15 is 0 Å². The maximum atomic E-state index is 11.0. The number of aryl methyl sites for hydroxylation is 1. The maximum Gasteiger partial charge on any atom is 0.302 e. The maximum absolute atomic E-state index is 11.0. The van der Waals surface area contributed by atoms with Gasteiger partial charge in [-0.05, 0) is 34.1 Å². The molecular formula is C16H14BrN7O2S2. The molecule has 28 heavy (non-hydrogen) atoms. The third-order valence-electron chi connectivity index (χ3n) is 3.77. The van der Waals surface area contributed by atoms with E-state index in [0.29, 0.717) is 41.7 Å². The van der Waals surface area contributed by atoms with Gasteiger partial charge in [0, 0.05) is 19.7 Å². The molecular weight excluding hydrogens is 466 g/mol. The van der Waals surface area contributed by atoms with Crippen molar-refractivity contribution in [3.8, 4) is 0 Å². The summed E-state index contributed by atoms with van der Waals surface area (Å²) in [5.41, 5.74) is 7.98. The number of nitrogens with two attached hydrogens (primary N) is 1. The Balaban J connectivity index is 1.68. The lowest BCUT2D eigenvalue weighted by molar-refractivity contribution is -0.141. The van der Waals surface area contributed by atoms with Gasteiger partial charge in [0.2, 0.25) is 0 Å². The van der Waals surface area contributed by atoms with Gasteiger partial charge in [0.25, 0.3) is 0 Å². The van der Waals surface area contributed by atoms with Crippen molar-refractivity contribution in [2.24, 2.45) is 0 Å². The summed E-state index contributed by atoms with van der Waals surface area (Å²) in [6, 6.07) is 0. The lowest BCUT2D eigenvalue weighted by Gasteiger charge is -2.07. The van der Waals surface area contributed by atoms with Crippen LogP contribution >= 0.6 is 39.0 Å². The summed E-state index contributed by atoms with van der Waals surface area (Å²) in [4.78, 5) is 32.7. The standard InChI is InChI=1S/C16H14BrN7O2S2/c1-8(25)26-4-2-3-24-14-11(13(18)20-7-21-14)23-15(24)28-16-22-10-6-19-5-9(17)12(10)27-16/h5-7H,2-4H2,1H3,(H2,18,20,21). The number of halogens is 1. The Labute approximate surface area is 175 Å². The second-order valence-electron chi connectivity index (χ2n) is 5.72. The molecule has 4 heterocycles. The molecule has 0 bridgehead atoms. The van der Waals surface area contributed by atoms with Crippen LogP contribution in [0.2, 0.25) is 0 Å². The number of thiazole rings is 1. The molecule has 0 aliphatic carbocycles. The first kappa shape index (κ1) is 19.0. The number of fused-ring (bicyclic) bond motifs is 2. The molecule has 4 rings (SSSR count). The summed E-state index contributed by atoms with van der Waals surface area (Å²) in [5.74, 6) is 0.0205. The number of carbonyl (C=O) groups excluding carboxylic acids is 1. The summed E-state index contributed by atoms with van der Waals surface area (Å²) < 4.78 is 9.72. The molecule has 0 unspecified atom stereocenters.